The topological polar surface area (TPSA) is 74.6 Å². The van der Waals surface area contributed by atoms with Crippen molar-refractivity contribution in [2.75, 3.05) is 0 Å². The van der Waals surface area contributed by atoms with Gasteiger partial charge in [-0.15, -0.1) is 0 Å². The van der Waals surface area contributed by atoms with Gasteiger partial charge < -0.3 is 5.11 Å². The molecule has 0 amide bonds. The number of aliphatic carboxylic acids is 2. The SMILES string of the molecule is CCC(Cc1cccc(Cc2cccc(CC(C(=O)O)C([As])C[As])c2)c1)C(=O)O. The molecule has 4 nitrogen and oxygen atoms in total. The minimum Gasteiger partial charge on any atom is -0.481 e. The van der Waals surface area contributed by atoms with Gasteiger partial charge >= 0.3 is 167 Å². The molecule has 0 heterocycles. The third-order valence-corrected chi connectivity index (χ3v) is 8.46. The van der Waals surface area contributed by atoms with Crippen LogP contribution in [0.4, 0.5) is 0 Å². The number of hydrogen-bond donors (Lipinski definition) is 2. The molecule has 0 spiro atoms. The first-order valence-electron chi connectivity index (χ1n) is 9.74. The molecule has 6 heteroatoms. The summed E-state index contributed by atoms with van der Waals surface area (Å²) in [5.41, 5.74) is 4.32. The van der Waals surface area contributed by atoms with Crippen molar-refractivity contribution in [2.24, 2.45) is 11.8 Å². The molecule has 0 aliphatic carbocycles. The Labute approximate surface area is 190 Å². The monoisotopic (exact) mass is 516 g/mol. The van der Waals surface area contributed by atoms with Gasteiger partial charge in [0.1, 0.15) is 0 Å². The standard InChI is InChI=1S/C23H26As2O4/c1-2-19(22(26)27)12-17-7-3-5-15(10-17)9-16-6-4-8-18(11-16)13-20(23(28)29)21(25)14-24/h3-8,10-11,19-21H,2,9,12-14H2,1H3,(H,26,27)(H,28,29). The van der Waals surface area contributed by atoms with Gasteiger partial charge in [-0.25, -0.2) is 0 Å². The van der Waals surface area contributed by atoms with Crippen LogP contribution in [0.2, 0.25) is 9.91 Å². The van der Waals surface area contributed by atoms with Gasteiger partial charge in [0.05, 0.1) is 0 Å². The van der Waals surface area contributed by atoms with Gasteiger partial charge in [-0.05, 0) is 6.42 Å². The van der Waals surface area contributed by atoms with E-state index in [2.05, 4.69) is 45.8 Å². The first-order valence-corrected chi connectivity index (χ1v) is 12.1. The summed E-state index contributed by atoms with van der Waals surface area (Å²) in [5.74, 6) is -2.29. The molecule has 0 saturated carbocycles. The Morgan fingerprint density at radius 1 is 0.897 bits per heavy atom. The summed E-state index contributed by atoms with van der Waals surface area (Å²) in [7, 11) is 0. The number of benzene rings is 2. The van der Waals surface area contributed by atoms with Crippen LogP contribution < -0.4 is 0 Å². The van der Waals surface area contributed by atoms with Crippen molar-refractivity contribution in [1.82, 2.24) is 0 Å². The van der Waals surface area contributed by atoms with E-state index in [1.807, 2.05) is 43.3 Å². The van der Waals surface area contributed by atoms with E-state index in [1.165, 1.54) is 0 Å². The Morgan fingerprint density at radius 3 is 1.86 bits per heavy atom. The van der Waals surface area contributed by atoms with E-state index in [0.717, 1.165) is 33.9 Å². The number of carbonyl (C=O) groups is 2. The second-order valence-electron chi connectivity index (χ2n) is 7.36. The van der Waals surface area contributed by atoms with E-state index in [0.29, 0.717) is 19.3 Å². The minimum atomic E-state index is -0.760. The Morgan fingerprint density at radius 2 is 1.41 bits per heavy atom. The number of rotatable bonds is 11. The van der Waals surface area contributed by atoms with Crippen molar-refractivity contribution in [3.05, 3.63) is 70.8 Å². The van der Waals surface area contributed by atoms with Crippen LogP contribution in [0.15, 0.2) is 48.5 Å². The van der Waals surface area contributed by atoms with Crippen molar-refractivity contribution in [3.8, 4) is 0 Å². The van der Waals surface area contributed by atoms with Crippen LogP contribution in [-0.4, -0.2) is 55.9 Å². The molecule has 2 N–H and O–H groups in total. The summed E-state index contributed by atoms with van der Waals surface area (Å²) < 4.78 is 0.0427. The van der Waals surface area contributed by atoms with Crippen molar-refractivity contribution in [1.29, 1.82) is 0 Å². The van der Waals surface area contributed by atoms with Gasteiger partial charge in [-0.1, -0.05) is 6.92 Å². The molecule has 152 valence electrons. The Kier molecular flexibility index (Phi) is 9.53. The summed E-state index contributed by atoms with van der Waals surface area (Å²) in [4.78, 5) is 22.9. The van der Waals surface area contributed by atoms with E-state index < -0.39 is 17.9 Å². The number of carboxylic acids is 2. The third kappa shape index (κ3) is 7.35. The first kappa shape index (κ1) is 23.8. The van der Waals surface area contributed by atoms with Crippen LogP contribution in [0.25, 0.3) is 0 Å². The maximum atomic E-state index is 11.6. The zero-order valence-corrected chi connectivity index (χ0v) is 20.2. The fourth-order valence-electron chi connectivity index (χ4n) is 3.43. The second kappa shape index (κ2) is 11.6. The average molecular weight is 516 g/mol. The van der Waals surface area contributed by atoms with Gasteiger partial charge in [0.15, 0.2) is 0 Å². The molecule has 2 aromatic carbocycles. The van der Waals surface area contributed by atoms with Gasteiger partial charge in [-0.3, -0.25) is 4.79 Å². The van der Waals surface area contributed by atoms with Crippen LogP contribution >= 0.6 is 0 Å². The van der Waals surface area contributed by atoms with Gasteiger partial charge in [0.2, 0.25) is 0 Å². The molecule has 3 atom stereocenters. The summed E-state index contributed by atoms with van der Waals surface area (Å²) in [6.45, 7) is 1.90. The number of hydrogen-bond acceptors (Lipinski definition) is 2. The molecule has 2 rings (SSSR count). The van der Waals surface area contributed by atoms with E-state index in [1.54, 1.807) is 0 Å². The van der Waals surface area contributed by atoms with Crippen molar-refractivity contribution in [3.63, 3.8) is 0 Å². The maximum absolute atomic E-state index is 11.6. The maximum Gasteiger partial charge on any atom is 0.306 e. The predicted octanol–water partition coefficient (Wildman–Crippen LogP) is 3.72. The van der Waals surface area contributed by atoms with Crippen molar-refractivity contribution >= 4 is 45.6 Å². The van der Waals surface area contributed by atoms with E-state index in [4.69, 9.17) is 0 Å². The van der Waals surface area contributed by atoms with Gasteiger partial charge in [-0.2, -0.15) is 0 Å². The van der Waals surface area contributed by atoms with E-state index in [9.17, 15) is 19.8 Å². The molecule has 0 aliphatic heterocycles. The molecular weight excluding hydrogens is 490 g/mol. The molecular formula is C23H26As2O4. The molecule has 0 aromatic heterocycles. The first-order chi connectivity index (χ1) is 13.8. The van der Waals surface area contributed by atoms with Crippen LogP contribution in [0.1, 0.15) is 35.6 Å². The van der Waals surface area contributed by atoms with E-state index >= 15 is 0 Å². The normalized spacial score (nSPS) is 14.2. The second-order valence-corrected chi connectivity index (χ2v) is 9.52. The van der Waals surface area contributed by atoms with Crippen LogP contribution in [-0.2, 0) is 28.9 Å². The molecule has 4 radical (unpaired) electrons. The summed E-state index contributed by atoms with van der Waals surface area (Å²) in [6.07, 6.45) is 2.39. The molecule has 3 unspecified atom stereocenters. The van der Waals surface area contributed by atoms with Crippen LogP contribution in [0.3, 0.4) is 0 Å². The Hall–Kier alpha value is -1.50. The summed E-state index contributed by atoms with van der Waals surface area (Å²) in [5, 5.41) is 19.6. The summed E-state index contributed by atoms with van der Waals surface area (Å²) >= 11 is 4.94. The zero-order valence-electron chi connectivity index (χ0n) is 16.5. The fourth-order valence-corrected chi connectivity index (χ4v) is 4.45. The van der Waals surface area contributed by atoms with Crippen LogP contribution in [0, 0.1) is 11.8 Å². The minimum absolute atomic E-state index is 0.0427. The van der Waals surface area contributed by atoms with Crippen molar-refractivity contribution < 1.29 is 19.8 Å². The smallest absolute Gasteiger partial charge is 0.306 e. The third-order valence-electron chi connectivity index (χ3n) is 5.14. The summed E-state index contributed by atoms with van der Waals surface area (Å²) in [6, 6.07) is 16.2. The van der Waals surface area contributed by atoms with E-state index in [-0.39, 0.29) is 10.6 Å². The average Bonchev–Trinajstić information content (AvgIpc) is 2.69. The fraction of sp³-hybridized carbons (Fsp3) is 0.391. The predicted molar refractivity (Wildman–Crippen MR) is 116 cm³/mol. The molecule has 2 aromatic rings. The Balaban J connectivity index is 2.13. The van der Waals surface area contributed by atoms with Gasteiger partial charge in [0.25, 0.3) is 0 Å². The molecule has 29 heavy (non-hydrogen) atoms. The number of carboxylic acid groups (broad SMARTS) is 2. The zero-order chi connectivity index (χ0) is 21.4. The molecule has 0 bridgehead atoms. The molecule has 0 aliphatic rings. The van der Waals surface area contributed by atoms with Crippen molar-refractivity contribution in [2.45, 2.75) is 42.5 Å². The molecule has 0 saturated heterocycles. The van der Waals surface area contributed by atoms with Crippen LogP contribution in [0.5, 0.6) is 0 Å². The largest absolute Gasteiger partial charge is 0.481 e. The molecule has 0 fully saturated rings. The quantitative estimate of drug-likeness (QED) is 0.447. The Bertz CT molecular complexity index is 837. The van der Waals surface area contributed by atoms with Gasteiger partial charge in [0, 0.05) is 0 Å².